The maximum atomic E-state index is 12.0. The average molecular weight is 225 g/mol. The molecule has 0 fully saturated rings. The van der Waals surface area contributed by atoms with Crippen molar-refractivity contribution in [2.45, 2.75) is 13.0 Å². The van der Waals surface area contributed by atoms with Crippen LogP contribution in [0.15, 0.2) is 54.6 Å². The van der Waals surface area contributed by atoms with E-state index in [0.29, 0.717) is 13.0 Å². The van der Waals surface area contributed by atoms with Crippen LogP contribution in [0, 0.1) is 0 Å². The Balaban J connectivity index is 2.19. The molecule has 0 aliphatic rings. The molecule has 2 aromatic rings. The fraction of sp³-hybridized carbons (Fsp3) is 0.133. The van der Waals surface area contributed by atoms with E-state index in [2.05, 4.69) is 0 Å². The van der Waals surface area contributed by atoms with Gasteiger partial charge in [0.2, 0.25) is 0 Å². The highest BCUT2D eigenvalue weighted by molar-refractivity contribution is 5.97. The summed E-state index contributed by atoms with van der Waals surface area (Å²) in [4.78, 5) is 12.0. The molecule has 0 heterocycles. The standard InChI is InChI=1S/C15H15NO/c16-11-14-9-5-4-8-13(14)10-15(17)12-6-2-1-3-7-12/h1-9H,10-11,16H2. The molecule has 17 heavy (non-hydrogen) atoms. The predicted octanol–water partition coefficient (Wildman–Crippen LogP) is 2.57. The third-order valence-electron chi connectivity index (χ3n) is 2.79. The molecule has 0 radical (unpaired) electrons. The van der Waals surface area contributed by atoms with Crippen LogP contribution in [0.3, 0.4) is 0 Å². The van der Waals surface area contributed by atoms with Crippen molar-refractivity contribution < 1.29 is 4.79 Å². The van der Waals surface area contributed by atoms with E-state index in [9.17, 15) is 4.79 Å². The quantitative estimate of drug-likeness (QED) is 0.813. The molecule has 0 bridgehead atoms. The summed E-state index contributed by atoms with van der Waals surface area (Å²) in [5.41, 5.74) is 8.46. The maximum Gasteiger partial charge on any atom is 0.167 e. The van der Waals surface area contributed by atoms with E-state index in [4.69, 9.17) is 5.73 Å². The van der Waals surface area contributed by atoms with Gasteiger partial charge in [-0.3, -0.25) is 4.79 Å². The summed E-state index contributed by atoms with van der Waals surface area (Å²) in [6.07, 6.45) is 0.414. The number of Topliss-reactive ketones (excluding diaryl/α,β-unsaturated/α-hetero) is 1. The highest BCUT2D eigenvalue weighted by Crippen LogP contribution is 2.12. The average Bonchev–Trinajstić information content (AvgIpc) is 2.40. The Morgan fingerprint density at radius 2 is 1.47 bits per heavy atom. The van der Waals surface area contributed by atoms with E-state index < -0.39 is 0 Å². The number of carbonyl (C=O) groups excluding carboxylic acids is 1. The molecule has 0 saturated heterocycles. The lowest BCUT2D eigenvalue weighted by Gasteiger charge is -2.06. The second-order valence-corrected chi connectivity index (χ2v) is 3.94. The zero-order chi connectivity index (χ0) is 12.1. The molecule has 0 saturated carbocycles. The third kappa shape index (κ3) is 2.80. The summed E-state index contributed by atoms with van der Waals surface area (Å²) < 4.78 is 0. The molecular formula is C15H15NO. The van der Waals surface area contributed by atoms with Crippen LogP contribution in [-0.4, -0.2) is 5.78 Å². The summed E-state index contributed by atoms with van der Waals surface area (Å²) >= 11 is 0. The van der Waals surface area contributed by atoms with Gasteiger partial charge in [0.15, 0.2) is 5.78 Å². The van der Waals surface area contributed by atoms with Gasteiger partial charge in [-0.2, -0.15) is 0 Å². The van der Waals surface area contributed by atoms with Crippen LogP contribution in [0.2, 0.25) is 0 Å². The van der Waals surface area contributed by atoms with E-state index in [1.54, 1.807) is 0 Å². The molecule has 2 heteroatoms. The number of rotatable bonds is 4. The minimum atomic E-state index is 0.131. The number of carbonyl (C=O) groups is 1. The normalized spacial score (nSPS) is 10.2. The summed E-state index contributed by atoms with van der Waals surface area (Å²) in [7, 11) is 0. The second-order valence-electron chi connectivity index (χ2n) is 3.94. The predicted molar refractivity (Wildman–Crippen MR) is 68.8 cm³/mol. The summed E-state index contributed by atoms with van der Waals surface area (Å²) in [6.45, 7) is 0.470. The Morgan fingerprint density at radius 3 is 2.12 bits per heavy atom. The van der Waals surface area contributed by atoms with Crippen LogP contribution in [-0.2, 0) is 13.0 Å². The molecule has 2 nitrogen and oxygen atoms in total. The van der Waals surface area contributed by atoms with Gasteiger partial charge in [-0.25, -0.2) is 0 Å². The van der Waals surface area contributed by atoms with E-state index in [1.807, 2.05) is 54.6 Å². The monoisotopic (exact) mass is 225 g/mol. The van der Waals surface area contributed by atoms with E-state index in [-0.39, 0.29) is 5.78 Å². The van der Waals surface area contributed by atoms with Crippen LogP contribution >= 0.6 is 0 Å². The Hall–Kier alpha value is -1.93. The topological polar surface area (TPSA) is 43.1 Å². The van der Waals surface area contributed by atoms with Gasteiger partial charge < -0.3 is 5.73 Å². The lowest BCUT2D eigenvalue weighted by atomic mass is 9.99. The first-order chi connectivity index (χ1) is 8.31. The van der Waals surface area contributed by atoms with E-state index in [1.165, 1.54) is 0 Å². The molecular weight excluding hydrogens is 210 g/mol. The zero-order valence-corrected chi connectivity index (χ0v) is 9.60. The molecule has 0 amide bonds. The van der Waals surface area contributed by atoms with E-state index in [0.717, 1.165) is 16.7 Å². The fourth-order valence-electron chi connectivity index (χ4n) is 1.83. The first kappa shape index (κ1) is 11.6. The molecule has 2 aromatic carbocycles. The lowest BCUT2D eigenvalue weighted by molar-refractivity contribution is 0.0992. The van der Waals surface area contributed by atoms with Gasteiger partial charge in [-0.1, -0.05) is 54.6 Å². The van der Waals surface area contributed by atoms with E-state index >= 15 is 0 Å². The molecule has 0 aliphatic heterocycles. The van der Waals surface area contributed by atoms with Crippen molar-refractivity contribution in [3.8, 4) is 0 Å². The first-order valence-electron chi connectivity index (χ1n) is 5.66. The van der Waals surface area contributed by atoms with Crippen LogP contribution < -0.4 is 5.73 Å². The minimum absolute atomic E-state index is 0.131. The van der Waals surface area contributed by atoms with Crippen molar-refractivity contribution in [1.82, 2.24) is 0 Å². The van der Waals surface area contributed by atoms with Gasteiger partial charge in [0.05, 0.1) is 0 Å². The van der Waals surface area contributed by atoms with Crippen LogP contribution in [0.4, 0.5) is 0 Å². The van der Waals surface area contributed by atoms with Crippen LogP contribution in [0.25, 0.3) is 0 Å². The Bertz CT molecular complexity index is 505. The zero-order valence-electron chi connectivity index (χ0n) is 9.60. The molecule has 0 aliphatic carbocycles. The first-order valence-corrected chi connectivity index (χ1v) is 5.66. The van der Waals surface area contributed by atoms with Gasteiger partial charge in [0.25, 0.3) is 0 Å². The molecule has 0 aromatic heterocycles. The van der Waals surface area contributed by atoms with Crippen molar-refractivity contribution in [2.75, 3.05) is 0 Å². The number of benzene rings is 2. The molecule has 0 unspecified atom stereocenters. The SMILES string of the molecule is NCc1ccccc1CC(=O)c1ccccc1. The fourth-order valence-corrected chi connectivity index (χ4v) is 1.83. The second kappa shape index (κ2) is 5.41. The molecule has 0 atom stereocenters. The molecule has 2 N–H and O–H groups in total. The van der Waals surface area contributed by atoms with Gasteiger partial charge in [-0.05, 0) is 11.1 Å². The van der Waals surface area contributed by atoms with Crippen molar-refractivity contribution in [2.24, 2.45) is 5.73 Å². The van der Waals surface area contributed by atoms with Gasteiger partial charge in [0, 0.05) is 18.5 Å². The number of hydrogen-bond acceptors (Lipinski definition) is 2. The van der Waals surface area contributed by atoms with Gasteiger partial charge in [0.1, 0.15) is 0 Å². The largest absolute Gasteiger partial charge is 0.326 e. The lowest BCUT2D eigenvalue weighted by Crippen LogP contribution is -2.08. The summed E-state index contributed by atoms with van der Waals surface area (Å²) in [5.74, 6) is 0.131. The van der Waals surface area contributed by atoms with Crippen molar-refractivity contribution in [1.29, 1.82) is 0 Å². The third-order valence-corrected chi connectivity index (χ3v) is 2.79. The van der Waals surface area contributed by atoms with Gasteiger partial charge in [-0.15, -0.1) is 0 Å². The van der Waals surface area contributed by atoms with Crippen LogP contribution in [0.1, 0.15) is 21.5 Å². The van der Waals surface area contributed by atoms with Gasteiger partial charge >= 0.3 is 0 Å². The van der Waals surface area contributed by atoms with Crippen LogP contribution in [0.5, 0.6) is 0 Å². The Labute approximate surface area is 101 Å². The number of ketones is 1. The number of hydrogen-bond donors (Lipinski definition) is 1. The molecule has 86 valence electrons. The number of nitrogens with two attached hydrogens (primary N) is 1. The van der Waals surface area contributed by atoms with Crippen molar-refractivity contribution >= 4 is 5.78 Å². The summed E-state index contributed by atoms with van der Waals surface area (Å²) in [5, 5.41) is 0. The highest BCUT2D eigenvalue weighted by Gasteiger charge is 2.08. The smallest absolute Gasteiger partial charge is 0.167 e. The summed E-state index contributed by atoms with van der Waals surface area (Å²) in [6, 6.07) is 17.2. The van der Waals surface area contributed by atoms with Crippen molar-refractivity contribution in [3.05, 3.63) is 71.3 Å². The van der Waals surface area contributed by atoms with Crippen molar-refractivity contribution in [3.63, 3.8) is 0 Å². The molecule has 0 spiro atoms. The molecule has 2 rings (SSSR count). The minimum Gasteiger partial charge on any atom is -0.326 e. The Kier molecular flexibility index (Phi) is 3.68. The highest BCUT2D eigenvalue weighted by atomic mass is 16.1. The maximum absolute atomic E-state index is 12.0. The Morgan fingerprint density at radius 1 is 0.882 bits per heavy atom.